The highest BCUT2D eigenvalue weighted by molar-refractivity contribution is 6.03. The number of hydrogen-bond donors (Lipinski definition) is 1. The van der Waals surface area contributed by atoms with E-state index in [0.717, 1.165) is 30.8 Å². The molecule has 1 amide bonds. The average molecular weight is 304 g/mol. The Morgan fingerprint density at radius 1 is 1.23 bits per heavy atom. The second-order valence-electron chi connectivity index (χ2n) is 6.38. The van der Waals surface area contributed by atoms with E-state index >= 15 is 0 Å². The Bertz CT molecular complexity index is 514. The third-order valence-electron chi connectivity index (χ3n) is 4.15. The molecule has 1 aliphatic heterocycles. The minimum Gasteiger partial charge on any atom is -0.478 e. The van der Waals surface area contributed by atoms with Gasteiger partial charge in [-0.2, -0.15) is 0 Å². The standard InChI is InChI=1S/C18H28N2O2/c1-4-5-6-7-8-12-20-16-14(19)10-9-11-15(16)22-17(13(2)3)18(20)21/h9-11,13,17H,4-8,12,19H2,1-3H3. The van der Waals surface area contributed by atoms with Gasteiger partial charge in [-0.3, -0.25) is 4.79 Å². The number of unbranched alkanes of at least 4 members (excludes halogenated alkanes) is 4. The zero-order valence-corrected chi connectivity index (χ0v) is 14.0. The highest BCUT2D eigenvalue weighted by Crippen LogP contribution is 2.40. The maximum Gasteiger partial charge on any atom is 0.268 e. The topological polar surface area (TPSA) is 55.6 Å². The lowest BCUT2D eigenvalue weighted by Gasteiger charge is -2.36. The molecule has 122 valence electrons. The number of para-hydroxylation sites is 1. The maximum atomic E-state index is 12.7. The van der Waals surface area contributed by atoms with Crippen molar-refractivity contribution in [2.75, 3.05) is 17.2 Å². The van der Waals surface area contributed by atoms with Crippen molar-refractivity contribution < 1.29 is 9.53 Å². The third kappa shape index (κ3) is 3.54. The Hall–Kier alpha value is -1.71. The quantitative estimate of drug-likeness (QED) is 0.612. The highest BCUT2D eigenvalue weighted by Gasteiger charge is 2.36. The van der Waals surface area contributed by atoms with Crippen LogP contribution in [0.25, 0.3) is 0 Å². The molecule has 4 heteroatoms. The summed E-state index contributed by atoms with van der Waals surface area (Å²) in [6.45, 7) is 6.95. The van der Waals surface area contributed by atoms with Gasteiger partial charge in [-0.15, -0.1) is 0 Å². The zero-order valence-electron chi connectivity index (χ0n) is 14.0. The smallest absolute Gasteiger partial charge is 0.268 e. The molecular formula is C18H28N2O2. The molecule has 0 radical (unpaired) electrons. The molecule has 2 N–H and O–H groups in total. The van der Waals surface area contributed by atoms with Crippen molar-refractivity contribution in [3.05, 3.63) is 18.2 Å². The Morgan fingerprint density at radius 2 is 1.95 bits per heavy atom. The van der Waals surface area contributed by atoms with Crippen LogP contribution >= 0.6 is 0 Å². The molecule has 1 aromatic carbocycles. The van der Waals surface area contributed by atoms with Gasteiger partial charge in [0.2, 0.25) is 0 Å². The molecule has 1 aliphatic rings. The molecule has 1 unspecified atom stereocenters. The van der Waals surface area contributed by atoms with Crippen LogP contribution in [0.3, 0.4) is 0 Å². The predicted octanol–water partition coefficient (Wildman–Crippen LogP) is 3.99. The largest absolute Gasteiger partial charge is 0.478 e. The van der Waals surface area contributed by atoms with Crippen LogP contribution in [0.4, 0.5) is 11.4 Å². The highest BCUT2D eigenvalue weighted by atomic mass is 16.5. The number of carbonyl (C=O) groups is 1. The summed E-state index contributed by atoms with van der Waals surface area (Å²) >= 11 is 0. The van der Waals surface area contributed by atoms with E-state index in [-0.39, 0.29) is 11.8 Å². The predicted molar refractivity (Wildman–Crippen MR) is 91.2 cm³/mol. The van der Waals surface area contributed by atoms with Crippen LogP contribution in [0.15, 0.2) is 18.2 Å². The lowest BCUT2D eigenvalue weighted by molar-refractivity contribution is -0.128. The minimum atomic E-state index is -0.412. The number of nitrogens with two attached hydrogens (primary N) is 1. The average Bonchev–Trinajstić information content (AvgIpc) is 2.48. The Labute approximate surface area is 133 Å². The molecule has 0 bridgehead atoms. The van der Waals surface area contributed by atoms with Crippen LogP contribution < -0.4 is 15.4 Å². The fraction of sp³-hybridized carbons (Fsp3) is 0.611. The van der Waals surface area contributed by atoms with E-state index in [1.165, 1.54) is 19.3 Å². The summed E-state index contributed by atoms with van der Waals surface area (Å²) in [6, 6.07) is 5.60. The molecule has 0 aliphatic carbocycles. The number of hydrogen-bond acceptors (Lipinski definition) is 3. The van der Waals surface area contributed by atoms with Crippen molar-refractivity contribution in [3.63, 3.8) is 0 Å². The van der Waals surface area contributed by atoms with Crippen LogP contribution in [0.1, 0.15) is 52.9 Å². The van der Waals surface area contributed by atoms with Gasteiger partial charge in [-0.1, -0.05) is 52.5 Å². The van der Waals surface area contributed by atoms with Gasteiger partial charge < -0.3 is 15.4 Å². The van der Waals surface area contributed by atoms with Crippen molar-refractivity contribution in [2.45, 2.75) is 59.0 Å². The SMILES string of the molecule is CCCCCCCN1C(=O)C(C(C)C)Oc2cccc(N)c21. The van der Waals surface area contributed by atoms with Crippen LogP contribution in [0.5, 0.6) is 5.75 Å². The van der Waals surface area contributed by atoms with E-state index in [1.807, 2.05) is 36.9 Å². The van der Waals surface area contributed by atoms with E-state index in [0.29, 0.717) is 5.69 Å². The number of amides is 1. The van der Waals surface area contributed by atoms with Gasteiger partial charge in [0.25, 0.3) is 5.91 Å². The van der Waals surface area contributed by atoms with Crippen molar-refractivity contribution in [1.82, 2.24) is 0 Å². The molecule has 0 spiro atoms. The van der Waals surface area contributed by atoms with E-state index in [9.17, 15) is 4.79 Å². The van der Waals surface area contributed by atoms with E-state index < -0.39 is 6.10 Å². The van der Waals surface area contributed by atoms with E-state index in [1.54, 1.807) is 0 Å². The summed E-state index contributed by atoms with van der Waals surface area (Å²) in [4.78, 5) is 14.6. The molecule has 1 atom stereocenters. The first-order valence-corrected chi connectivity index (χ1v) is 8.42. The second-order valence-corrected chi connectivity index (χ2v) is 6.38. The number of nitrogens with zero attached hydrogens (tertiary/aromatic N) is 1. The van der Waals surface area contributed by atoms with Crippen molar-refractivity contribution >= 4 is 17.3 Å². The lowest BCUT2D eigenvalue weighted by atomic mass is 10.0. The van der Waals surface area contributed by atoms with Gasteiger partial charge in [0.15, 0.2) is 6.10 Å². The molecule has 4 nitrogen and oxygen atoms in total. The molecular weight excluding hydrogens is 276 g/mol. The molecule has 1 heterocycles. The normalized spacial score (nSPS) is 17.5. The third-order valence-corrected chi connectivity index (χ3v) is 4.15. The van der Waals surface area contributed by atoms with Gasteiger partial charge in [-0.05, 0) is 24.5 Å². The second kappa shape index (κ2) is 7.52. The maximum absolute atomic E-state index is 12.7. The van der Waals surface area contributed by atoms with Crippen molar-refractivity contribution in [3.8, 4) is 5.75 Å². The Kier molecular flexibility index (Phi) is 5.69. The number of rotatable bonds is 7. The number of nitrogen functional groups attached to an aromatic ring is 1. The monoisotopic (exact) mass is 304 g/mol. The van der Waals surface area contributed by atoms with Gasteiger partial charge >= 0.3 is 0 Å². The fourth-order valence-corrected chi connectivity index (χ4v) is 2.89. The van der Waals surface area contributed by atoms with Crippen molar-refractivity contribution in [1.29, 1.82) is 0 Å². The number of benzene rings is 1. The van der Waals surface area contributed by atoms with Gasteiger partial charge in [0.05, 0.1) is 5.69 Å². The fourth-order valence-electron chi connectivity index (χ4n) is 2.89. The van der Waals surface area contributed by atoms with Crippen molar-refractivity contribution in [2.24, 2.45) is 5.92 Å². The Morgan fingerprint density at radius 3 is 2.64 bits per heavy atom. The zero-order chi connectivity index (χ0) is 16.1. The van der Waals surface area contributed by atoms with Gasteiger partial charge in [0, 0.05) is 6.54 Å². The van der Waals surface area contributed by atoms with Gasteiger partial charge in [-0.25, -0.2) is 0 Å². The Balaban J connectivity index is 2.16. The van der Waals surface area contributed by atoms with E-state index in [4.69, 9.17) is 10.5 Å². The minimum absolute atomic E-state index is 0.0379. The van der Waals surface area contributed by atoms with Crippen LogP contribution in [-0.4, -0.2) is 18.6 Å². The molecule has 1 aromatic rings. The first-order chi connectivity index (χ1) is 10.6. The molecule has 0 aromatic heterocycles. The summed E-state index contributed by atoms with van der Waals surface area (Å²) in [5.74, 6) is 0.910. The number of ether oxygens (including phenoxy) is 1. The molecule has 22 heavy (non-hydrogen) atoms. The number of carbonyl (C=O) groups excluding carboxylic acids is 1. The molecule has 0 fully saturated rings. The summed E-state index contributed by atoms with van der Waals surface area (Å²) in [5.41, 5.74) is 7.46. The first kappa shape index (κ1) is 16.7. The molecule has 0 saturated heterocycles. The van der Waals surface area contributed by atoms with Crippen LogP contribution in [-0.2, 0) is 4.79 Å². The number of anilines is 2. The van der Waals surface area contributed by atoms with Crippen LogP contribution in [0, 0.1) is 5.92 Å². The molecule has 2 rings (SSSR count). The van der Waals surface area contributed by atoms with E-state index in [2.05, 4.69) is 6.92 Å². The molecule has 0 saturated carbocycles. The van der Waals surface area contributed by atoms with Crippen LogP contribution in [0.2, 0.25) is 0 Å². The summed E-state index contributed by atoms with van der Waals surface area (Å²) in [5, 5.41) is 0. The first-order valence-electron chi connectivity index (χ1n) is 8.42. The number of fused-ring (bicyclic) bond motifs is 1. The van der Waals surface area contributed by atoms with Gasteiger partial charge in [0.1, 0.15) is 11.4 Å². The summed E-state index contributed by atoms with van der Waals surface area (Å²) in [7, 11) is 0. The summed E-state index contributed by atoms with van der Waals surface area (Å²) < 4.78 is 5.89. The summed E-state index contributed by atoms with van der Waals surface area (Å²) in [6.07, 6.45) is 5.44. The lowest BCUT2D eigenvalue weighted by Crippen LogP contribution is -2.49.